The van der Waals surface area contributed by atoms with Gasteiger partial charge in [0.25, 0.3) is 0 Å². The molecule has 0 heterocycles. The molecular weight excluding hydrogens is 175 g/mol. The predicted molar refractivity (Wildman–Crippen MR) is 51.5 cm³/mol. The van der Waals surface area contributed by atoms with E-state index in [1.54, 1.807) is 12.1 Å². The van der Waals surface area contributed by atoms with Crippen molar-refractivity contribution in [3.05, 3.63) is 29.6 Å². The Morgan fingerprint density at radius 3 is 2.83 bits per heavy atom. The summed E-state index contributed by atoms with van der Waals surface area (Å²) >= 11 is 4.58. The Bertz CT molecular complexity index is 312. The topological polar surface area (TPSA) is 38.0 Å². The number of halogens is 1. The first-order valence-corrected chi connectivity index (χ1v) is 3.83. The van der Waals surface area contributed by atoms with Crippen LogP contribution in [0.25, 0.3) is 0 Å². The first-order chi connectivity index (χ1) is 5.59. The van der Waals surface area contributed by atoms with Crippen LogP contribution in [0, 0.1) is 12.7 Å². The number of thiocarbonyl (C=S) groups is 1. The molecule has 4 heteroatoms. The maximum absolute atomic E-state index is 13.0. The van der Waals surface area contributed by atoms with Crippen molar-refractivity contribution in [1.82, 2.24) is 0 Å². The van der Waals surface area contributed by atoms with Gasteiger partial charge >= 0.3 is 0 Å². The molecular formula is C8H9FN2S. The van der Waals surface area contributed by atoms with Crippen LogP contribution in [0.4, 0.5) is 10.1 Å². The lowest BCUT2D eigenvalue weighted by Gasteiger charge is -2.05. The van der Waals surface area contributed by atoms with E-state index in [-0.39, 0.29) is 10.9 Å². The van der Waals surface area contributed by atoms with Gasteiger partial charge in [-0.25, -0.2) is 4.39 Å². The van der Waals surface area contributed by atoms with Crippen LogP contribution in [0.15, 0.2) is 18.2 Å². The Labute approximate surface area is 75.6 Å². The summed E-state index contributed by atoms with van der Waals surface area (Å²) < 4.78 is 13.0. The van der Waals surface area contributed by atoms with Crippen LogP contribution in [0.2, 0.25) is 0 Å². The van der Waals surface area contributed by atoms with Gasteiger partial charge in [0.15, 0.2) is 5.11 Å². The summed E-state index contributed by atoms with van der Waals surface area (Å²) in [7, 11) is 0. The van der Waals surface area contributed by atoms with E-state index in [4.69, 9.17) is 5.73 Å². The summed E-state index contributed by atoms with van der Waals surface area (Å²) in [4.78, 5) is 0. The Kier molecular flexibility index (Phi) is 2.60. The molecule has 0 atom stereocenters. The zero-order valence-electron chi connectivity index (χ0n) is 6.60. The van der Waals surface area contributed by atoms with E-state index >= 15 is 0 Å². The van der Waals surface area contributed by atoms with Crippen molar-refractivity contribution >= 4 is 23.0 Å². The number of hydrogen-bond donors (Lipinski definition) is 2. The number of aryl methyl sites for hydroxylation is 1. The van der Waals surface area contributed by atoms with Crippen LogP contribution < -0.4 is 11.1 Å². The molecule has 0 unspecified atom stereocenters. The smallest absolute Gasteiger partial charge is 0.168 e. The molecule has 12 heavy (non-hydrogen) atoms. The normalized spacial score (nSPS) is 9.50. The zero-order chi connectivity index (χ0) is 9.14. The molecule has 3 N–H and O–H groups in total. The first kappa shape index (κ1) is 8.93. The SMILES string of the molecule is Cc1ccc(F)c(NC(N)=S)c1. The molecule has 0 fully saturated rings. The summed E-state index contributed by atoms with van der Waals surface area (Å²) in [5.41, 5.74) is 6.47. The fraction of sp³-hybridized carbons (Fsp3) is 0.125. The molecule has 0 aromatic heterocycles. The molecule has 0 bridgehead atoms. The van der Waals surface area contributed by atoms with Gasteiger partial charge in [0.05, 0.1) is 5.69 Å². The number of anilines is 1. The summed E-state index contributed by atoms with van der Waals surface area (Å²) in [5.74, 6) is -0.353. The van der Waals surface area contributed by atoms with E-state index in [2.05, 4.69) is 17.5 Å². The first-order valence-electron chi connectivity index (χ1n) is 3.42. The average Bonchev–Trinajstić information content (AvgIpc) is 1.96. The minimum Gasteiger partial charge on any atom is -0.376 e. The van der Waals surface area contributed by atoms with Gasteiger partial charge in [0, 0.05) is 0 Å². The lowest BCUT2D eigenvalue weighted by Crippen LogP contribution is -2.19. The molecule has 1 aromatic carbocycles. The van der Waals surface area contributed by atoms with Crippen molar-refractivity contribution in [2.24, 2.45) is 5.73 Å². The molecule has 0 radical (unpaired) electrons. The van der Waals surface area contributed by atoms with Gasteiger partial charge in [-0.2, -0.15) is 0 Å². The number of nitrogens with two attached hydrogens (primary N) is 1. The van der Waals surface area contributed by atoms with Gasteiger partial charge in [-0.3, -0.25) is 0 Å². The average molecular weight is 184 g/mol. The largest absolute Gasteiger partial charge is 0.376 e. The van der Waals surface area contributed by atoms with Gasteiger partial charge in [-0.1, -0.05) is 6.07 Å². The van der Waals surface area contributed by atoms with Gasteiger partial charge < -0.3 is 11.1 Å². The summed E-state index contributed by atoms with van der Waals surface area (Å²) in [5, 5.41) is 2.62. The molecule has 0 saturated heterocycles. The van der Waals surface area contributed by atoms with Crippen molar-refractivity contribution in [1.29, 1.82) is 0 Å². The lowest BCUT2D eigenvalue weighted by atomic mass is 10.2. The highest BCUT2D eigenvalue weighted by atomic mass is 32.1. The van der Waals surface area contributed by atoms with Gasteiger partial charge in [0.2, 0.25) is 0 Å². The van der Waals surface area contributed by atoms with Gasteiger partial charge in [-0.15, -0.1) is 0 Å². The monoisotopic (exact) mass is 184 g/mol. The van der Waals surface area contributed by atoms with Crippen LogP contribution in [-0.4, -0.2) is 5.11 Å². The van der Waals surface area contributed by atoms with Crippen molar-refractivity contribution < 1.29 is 4.39 Å². The molecule has 2 nitrogen and oxygen atoms in total. The van der Waals surface area contributed by atoms with E-state index < -0.39 is 0 Å². The summed E-state index contributed by atoms with van der Waals surface area (Å²) in [6.45, 7) is 1.87. The third-order valence-electron chi connectivity index (χ3n) is 1.38. The Morgan fingerprint density at radius 1 is 1.58 bits per heavy atom. The third-order valence-corrected chi connectivity index (χ3v) is 1.48. The van der Waals surface area contributed by atoms with Crippen LogP contribution in [0.5, 0.6) is 0 Å². The maximum atomic E-state index is 13.0. The maximum Gasteiger partial charge on any atom is 0.168 e. The van der Waals surface area contributed by atoms with E-state index in [0.29, 0.717) is 5.69 Å². The Balaban J connectivity index is 2.97. The van der Waals surface area contributed by atoms with Crippen molar-refractivity contribution in [3.8, 4) is 0 Å². The minimum absolute atomic E-state index is 0.0690. The van der Waals surface area contributed by atoms with E-state index in [1.165, 1.54) is 6.07 Å². The molecule has 0 spiro atoms. The van der Waals surface area contributed by atoms with Crippen LogP contribution in [0.3, 0.4) is 0 Å². The number of nitrogens with one attached hydrogen (secondary N) is 1. The van der Waals surface area contributed by atoms with Crippen LogP contribution in [-0.2, 0) is 0 Å². The minimum atomic E-state index is -0.353. The highest BCUT2D eigenvalue weighted by molar-refractivity contribution is 7.80. The molecule has 0 amide bonds. The highest BCUT2D eigenvalue weighted by Crippen LogP contribution is 2.14. The highest BCUT2D eigenvalue weighted by Gasteiger charge is 2.01. The summed E-state index contributed by atoms with van der Waals surface area (Å²) in [6.07, 6.45) is 0. The predicted octanol–water partition coefficient (Wildman–Crippen LogP) is 1.79. The number of benzene rings is 1. The second kappa shape index (κ2) is 3.49. The number of hydrogen-bond acceptors (Lipinski definition) is 1. The zero-order valence-corrected chi connectivity index (χ0v) is 7.41. The molecule has 0 aliphatic rings. The Morgan fingerprint density at radius 2 is 2.25 bits per heavy atom. The molecule has 1 aromatic rings. The Hall–Kier alpha value is -1.16. The second-order valence-corrected chi connectivity index (χ2v) is 2.91. The molecule has 0 aliphatic carbocycles. The van der Waals surface area contributed by atoms with Crippen molar-refractivity contribution in [2.75, 3.05) is 5.32 Å². The van der Waals surface area contributed by atoms with E-state index in [1.807, 2.05) is 6.92 Å². The lowest BCUT2D eigenvalue weighted by molar-refractivity contribution is 0.632. The standard InChI is InChI=1S/C8H9FN2S/c1-5-2-3-6(9)7(4-5)11-8(10)12/h2-4H,1H3,(H3,10,11,12). The fourth-order valence-electron chi connectivity index (χ4n) is 0.868. The van der Waals surface area contributed by atoms with E-state index in [9.17, 15) is 4.39 Å². The quantitative estimate of drug-likeness (QED) is 0.653. The van der Waals surface area contributed by atoms with E-state index in [0.717, 1.165) is 5.56 Å². The van der Waals surface area contributed by atoms with Crippen molar-refractivity contribution in [2.45, 2.75) is 6.92 Å². The van der Waals surface area contributed by atoms with Crippen LogP contribution in [0.1, 0.15) is 5.56 Å². The van der Waals surface area contributed by atoms with Gasteiger partial charge in [0.1, 0.15) is 5.82 Å². The second-order valence-electron chi connectivity index (χ2n) is 2.47. The fourth-order valence-corrected chi connectivity index (χ4v) is 0.978. The van der Waals surface area contributed by atoms with Gasteiger partial charge in [-0.05, 0) is 36.8 Å². The summed E-state index contributed by atoms with van der Waals surface area (Å²) in [6, 6.07) is 4.70. The third kappa shape index (κ3) is 2.17. The molecule has 0 saturated carbocycles. The molecule has 64 valence electrons. The number of rotatable bonds is 1. The van der Waals surface area contributed by atoms with Crippen LogP contribution >= 0.6 is 12.2 Å². The molecule has 1 rings (SSSR count). The van der Waals surface area contributed by atoms with Crippen molar-refractivity contribution in [3.63, 3.8) is 0 Å². The molecule has 0 aliphatic heterocycles.